The molecule has 29 heavy (non-hydrogen) atoms. The fourth-order valence-electron chi connectivity index (χ4n) is 4.07. The van der Waals surface area contributed by atoms with Crippen LogP contribution in [-0.2, 0) is 23.9 Å². The van der Waals surface area contributed by atoms with Gasteiger partial charge in [-0.05, 0) is 35.7 Å². The lowest BCUT2D eigenvalue weighted by atomic mass is 10.00. The predicted molar refractivity (Wildman–Crippen MR) is 106 cm³/mol. The van der Waals surface area contributed by atoms with Crippen LogP contribution in [0.5, 0.6) is 0 Å². The fourth-order valence-corrected chi connectivity index (χ4v) is 4.07. The van der Waals surface area contributed by atoms with Crippen LogP contribution < -0.4 is 4.90 Å². The Bertz CT molecular complexity index is 876. The zero-order chi connectivity index (χ0) is 20.4. The van der Waals surface area contributed by atoms with Crippen molar-refractivity contribution in [2.75, 3.05) is 44.2 Å². The first kappa shape index (κ1) is 19.8. The summed E-state index contributed by atoms with van der Waals surface area (Å²) < 4.78 is 38.8. The van der Waals surface area contributed by atoms with Gasteiger partial charge in [-0.25, -0.2) is 0 Å². The number of rotatable bonds is 3. The highest BCUT2D eigenvalue weighted by Gasteiger charge is 2.31. The second kappa shape index (κ2) is 8.06. The van der Waals surface area contributed by atoms with Crippen molar-refractivity contribution in [1.29, 1.82) is 0 Å². The number of anilines is 1. The molecule has 0 aliphatic carbocycles. The van der Waals surface area contributed by atoms with Crippen LogP contribution in [0.1, 0.15) is 16.7 Å². The summed E-state index contributed by atoms with van der Waals surface area (Å²) in [6.07, 6.45) is -3.40. The van der Waals surface area contributed by atoms with Crippen LogP contribution in [-0.4, -0.2) is 55.0 Å². The molecule has 0 saturated carbocycles. The van der Waals surface area contributed by atoms with Crippen LogP contribution in [0.25, 0.3) is 0 Å². The smallest absolute Gasteiger partial charge is 0.368 e. The van der Waals surface area contributed by atoms with Crippen molar-refractivity contribution in [3.63, 3.8) is 0 Å². The molecule has 2 aliphatic rings. The van der Waals surface area contributed by atoms with Crippen LogP contribution in [0.4, 0.5) is 18.9 Å². The van der Waals surface area contributed by atoms with Crippen LogP contribution in [0.2, 0.25) is 0 Å². The number of carbonyl (C=O) groups is 1. The van der Waals surface area contributed by atoms with Crippen molar-refractivity contribution in [2.24, 2.45) is 0 Å². The molecule has 2 aliphatic heterocycles. The Morgan fingerprint density at radius 3 is 2.34 bits per heavy atom. The van der Waals surface area contributed by atoms with E-state index in [-0.39, 0.29) is 5.91 Å². The molecule has 0 bridgehead atoms. The summed E-state index contributed by atoms with van der Waals surface area (Å²) in [4.78, 5) is 18.6. The van der Waals surface area contributed by atoms with Crippen molar-refractivity contribution in [3.8, 4) is 0 Å². The maximum Gasteiger partial charge on any atom is 0.416 e. The lowest BCUT2D eigenvalue weighted by Gasteiger charge is -2.37. The average Bonchev–Trinajstić information content (AvgIpc) is 2.73. The van der Waals surface area contributed by atoms with Gasteiger partial charge in [0, 0.05) is 45.0 Å². The maximum atomic E-state index is 12.9. The first-order valence-corrected chi connectivity index (χ1v) is 9.89. The summed E-state index contributed by atoms with van der Waals surface area (Å²) in [5.74, 6) is 0.0908. The molecule has 4 nitrogen and oxygen atoms in total. The van der Waals surface area contributed by atoms with E-state index in [1.54, 1.807) is 6.07 Å². The molecule has 0 radical (unpaired) electrons. The molecule has 0 N–H and O–H groups in total. The summed E-state index contributed by atoms with van der Waals surface area (Å²) in [7, 11) is 0. The molecule has 0 atom stereocenters. The Labute approximate surface area is 168 Å². The van der Waals surface area contributed by atoms with E-state index in [1.165, 1.54) is 23.3 Å². The Kier molecular flexibility index (Phi) is 5.50. The monoisotopic (exact) mass is 403 g/mol. The molecule has 2 aromatic carbocycles. The summed E-state index contributed by atoms with van der Waals surface area (Å²) in [5, 5.41) is 0. The van der Waals surface area contributed by atoms with E-state index in [4.69, 9.17) is 0 Å². The third-order valence-electron chi connectivity index (χ3n) is 5.74. The highest BCUT2D eigenvalue weighted by Crippen LogP contribution is 2.32. The van der Waals surface area contributed by atoms with Crippen molar-refractivity contribution in [2.45, 2.75) is 19.1 Å². The number of halogens is 3. The average molecular weight is 403 g/mol. The fraction of sp³-hybridized carbons (Fsp3) is 0.409. The topological polar surface area (TPSA) is 26.8 Å². The van der Waals surface area contributed by atoms with Gasteiger partial charge in [-0.1, -0.05) is 30.3 Å². The third kappa shape index (κ3) is 4.56. The highest BCUT2D eigenvalue weighted by atomic mass is 19.4. The van der Waals surface area contributed by atoms with Gasteiger partial charge in [-0.15, -0.1) is 0 Å². The lowest BCUT2D eigenvalue weighted by molar-refractivity contribution is -0.137. The molecular weight excluding hydrogens is 379 g/mol. The van der Waals surface area contributed by atoms with Gasteiger partial charge in [0.2, 0.25) is 5.91 Å². The standard InChI is InChI=1S/C22H24F3N3O/c23-22(24,25)19-6-3-7-20(14-19)27-10-12-28(13-11-27)21(29)16-26-9-8-17-4-1-2-5-18(17)15-26/h1-7,14H,8-13,15-16H2. The van der Waals surface area contributed by atoms with Gasteiger partial charge in [-0.2, -0.15) is 13.2 Å². The third-order valence-corrected chi connectivity index (χ3v) is 5.74. The SMILES string of the molecule is O=C(CN1CCc2ccccc2C1)N1CCN(c2cccc(C(F)(F)F)c2)CC1. The molecule has 154 valence electrons. The van der Waals surface area contributed by atoms with E-state index in [0.717, 1.165) is 25.6 Å². The van der Waals surface area contributed by atoms with Crippen LogP contribution in [0, 0.1) is 0 Å². The number of fused-ring (bicyclic) bond motifs is 1. The Morgan fingerprint density at radius 2 is 1.62 bits per heavy atom. The molecular formula is C22H24F3N3O. The Morgan fingerprint density at radius 1 is 0.897 bits per heavy atom. The Balaban J connectivity index is 1.31. The maximum absolute atomic E-state index is 12.9. The van der Waals surface area contributed by atoms with Crippen molar-refractivity contribution in [3.05, 3.63) is 65.2 Å². The van der Waals surface area contributed by atoms with Gasteiger partial charge in [0.15, 0.2) is 0 Å². The zero-order valence-corrected chi connectivity index (χ0v) is 16.2. The quantitative estimate of drug-likeness (QED) is 0.786. The molecule has 2 aromatic rings. The minimum atomic E-state index is -4.35. The number of hydrogen-bond donors (Lipinski definition) is 0. The van der Waals surface area contributed by atoms with Gasteiger partial charge < -0.3 is 9.80 Å². The van der Waals surface area contributed by atoms with E-state index < -0.39 is 11.7 Å². The first-order valence-electron chi connectivity index (χ1n) is 9.89. The predicted octanol–water partition coefficient (Wildman–Crippen LogP) is 3.41. The van der Waals surface area contributed by atoms with E-state index >= 15 is 0 Å². The van der Waals surface area contributed by atoms with Crippen LogP contribution in [0.15, 0.2) is 48.5 Å². The summed E-state index contributed by atoms with van der Waals surface area (Å²) in [6, 6.07) is 13.7. The second-order valence-electron chi connectivity index (χ2n) is 7.65. The zero-order valence-electron chi connectivity index (χ0n) is 16.2. The van der Waals surface area contributed by atoms with Crippen LogP contribution >= 0.6 is 0 Å². The molecule has 4 rings (SSSR count). The number of benzene rings is 2. The van der Waals surface area contributed by atoms with Gasteiger partial charge in [0.25, 0.3) is 0 Å². The van der Waals surface area contributed by atoms with Crippen molar-refractivity contribution < 1.29 is 18.0 Å². The second-order valence-corrected chi connectivity index (χ2v) is 7.65. The van der Waals surface area contributed by atoms with Crippen molar-refractivity contribution >= 4 is 11.6 Å². The number of carbonyl (C=O) groups excluding carboxylic acids is 1. The van der Waals surface area contributed by atoms with Gasteiger partial charge >= 0.3 is 6.18 Å². The van der Waals surface area contributed by atoms with Crippen molar-refractivity contribution in [1.82, 2.24) is 9.80 Å². The Hall–Kier alpha value is -2.54. The highest BCUT2D eigenvalue weighted by molar-refractivity contribution is 5.78. The summed E-state index contributed by atoms with van der Waals surface area (Å²) in [5.41, 5.74) is 2.55. The molecule has 0 spiro atoms. The molecule has 7 heteroatoms. The number of nitrogens with zero attached hydrogens (tertiary/aromatic N) is 3. The van der Waals surface area contributed by atoms with E-state index in [0.29, 0.717) is 38.4 Å². The molecule has 1 saturated heterocycles. The van der Waals surface area contributed by atoms with Gasteiger partial charge in [0.1, 0.15) is 0 Å². The van der Waals surface area contributed by atoms with Gasteiger partial charge in [0.05, 0.1) is 12.1 Å². The largest absolute Gasteiger partial charge is 0.416 e. The molecule has 0 unspecified atom stereocenters. The first-order chi connectivity index (χ1) is 13.9. The lowest BCUT2D eigenvalue weighted by Crippen LogP contribution is -2.51. The minimum Gasteiger partial charge on any atom is -0.368 e. The number of alkyl halides is 3. The summed E-state index contributed by atoms with van der Waals surface area (Å²) in [6.45, 7) is 4.17. The van der Waals surface area contributed by atoms with E-state index in [1.807, 2.05) is 21.9 Å². The number of amides is 1. The molecule has 2 heterocycles. The number of hydrogen-bond acceptors (Lipinski definition) is 3. The number of piperazine rings is 1. The minimum absolute atomic E-state index is 0.0908. The van der Waals surface area contributed by atoms with Gasteiger partial charge in [-0.3, -0.25) is 9.69 Å². The molecule has 1 amide bonds. The van der Waals surface area contributed by atoms with E-state index in [9.17, 15) is 18.0 Å². The molecule has 1 fully saturated rings. The normalized spacial score (nSPS) is 17.9. The molecule has 0 aromatic heterocycles. The summed E-state index contributed by atoms with van der Waals surface area (Å²) >= 11 is 0. The van der Waals surface area contributed by atoms with Crippen LogP contribution in [0.3, 0.4) is 0 Å². The van der Waals surface area contributed by atoms with E-state index in [2.05, 4.69) is 17.0 Å².